The fourth-order valence-corrected chi connectivity index (χ4v) is 1.31. The number of hydrogen-bond donors (Lipinski definition) is 3. The van der Waals surface area contributed by atoms with Gasteiger partial charge in [-0.15, -0.1) is 0 Å². The summed E-state index contributed by atoms with van der Waals surface area (Å²) in [5.74, 6) is -1.00. The molecule has 6 heteroatoms. The molecular formula is C12H29N3O3. The highest BCUT2D eigenvalue weighted by Gasteiger charge is 2.26. The summed E-state index contributed by atoms with van der Waals surface area (Å²) >= 11 is 0. The van der Waals surface area contributed by atoms with E-state index in [-0.39, 0.29) is 0 Å². The van der Waals surface area contributed by atoms with Crippen LogP contribution in [0.4, 0.5) is 0 Å². The van der Waals surface area contributed by atoms with Crippen molar-refractivity contribution in [2.75, 3.05) is 39.5 Å². The summed E-state index contributed by atoms with van der Waals surface area (Å²) < 4.78 is 16.8. The predicted molar refractivity (Wildman–Crippen MR) is 71.9 cm³/mol. The van der Waals surface area contributed by atoms with E-state index in [1.807, 2.05) is 0 Å². The van der Waals surface area contributed by atoms with Crippen molar-refractivity contribution in [3.05, 3.63) is 0 Å². The van der Waals surface area contributed by atoms with Crippen LogP contribution in [0.25, 0.3) is 0 Å². The summed E-state index contributed by atoms with van der Waals surface area (Å²) in [7, 11) is 0. The lowest BCUT2D eigenvalue weighted by Crippen LogP contribution is -2.37. The molecule has 110 valence electrons. The second kappa shape index (κ2) is 11.8. The van der Waals surface area contributed by atoms with Gasteiger partial charge in [-0.1, -0.05) is 0 Å². The van der Waals surface area contributed by atoms with Crippen molar-refractivity contribution in [3.63, 3.8) is 0 Å². The van der Waals surface area contributed by atoms with Crippen LogP contribution in [0.15, 0.2) is 0 Å². The predicted octanol–water partition coefficient (Wildman–Crippen LogP) is 0.146. The van der Waals surface area contributed by atoms with Gasteiger partial charge in [0, 0.05) is 6.92 Å². The highest BCUT2D eigenvalue weighted by Crippen LogP contribution is 2.16. The molecule has 0 heterocycles. The Balaban J connectivity index is 3.95. The molecule has 0 aliphatic heterocycles. The zero-order valence-electron chi connectivity index (χ0n) is 11.5. The largest absolute Gasteiger partial charge is 0.330 e. The molecule has 0 aromatic rings. The molecule has 0 rings (SSSR count). The molecular weight excluding hydrogens is 234 g/mol. The summed E-state index contributed by atoms with van der Waals surface area (Å²) in [4.78, 5) is 0. The first-order chi connectivity index (χ1) is 8.68. The van der Waals surface area contributed by atoms with Gasteiger partial charge in [-0.3, -0.25) is 0 Å². The number of unbranched alkanes of at least 4 members (excludes halogenated alkanes) is 1. The smallest absolute Gasteiger partial charge is 0.279 e. The highest BCUT2D eigenvalue weighted by atomic mass is 16.9. The maximum absolute atomic E-state index is 5.64. The monoisotopic (exact) mass is 263 g/mol. The third-order valence-electron chi connectivity index (χ3n) is 2.39. The molecule has 0 fully saturated rings. The first kappa shape index (κ1) is 17.8. The molecule has 0 aromatic heterocycles. The first-order valence-electron chi connectivity index (χ1n) is 6.70. The molecule has 0 unspecified atom stereocenters. The van der Waals surface area contributed by atoms with Crippen LogP contribution in [0.3, 0.4) is 0 Å². The van der Waals surface area contributed by atoms with Crippen LogP contribution in [0.2, 0.25) is 0 Å². The van der Waals surface area contributed by atoms with Gasteiger partial charge in [0.05, 0.1) is 19.8 Å². The van der Waals surface area contributed by atoms with Crippen LogP contribution in [-0.2, 0) is 14.2 Å². The molecule has 0 saturated carbocycles. The second-order valence-corrected chi connectivity index (χ2v) is 4.19. The second-order valence-electron chi connectivity index (χ2n) is 4.19. The Labute approximate surface area is 110 Å². The Hall–Kier alpha value is -0.240. The first-order valence-corrected chi connectivity index (χ1v) is 6.70. The van der Waals surface area contributed by atoms with Gasteiger partial charge < -0.3 is 31.4 Å². The van der Waals surface area contributed by atoms with E-state index in [2.05, 4.69) is 0 Å². The highest BCUT2D eigenvalue weighted by molar-refractivity contribution is 4.52. The fourth-order valence-electron chi connectivity index (χ4n) is 1.31. The van der Waals surface area contributed by atoms with E-state index in [0.29, 0.717) is 39.5 Å². The minimum Gasteiger partial charge on any atom is -0.330 e. The Bertz CT molecular complexity index is 172. The quantitative estimate of drug-likeness (QED) is 0.322. The van der Waals surface area contributed by atoms with Gasteiger partial charge in [0.25, 0.3) is 5.97 Å². The van der Waals surface area contributed by atoms with E-state index < -0.39 is 5.97 Å². The number of nitrogens with two attached hydrogens (primary N) is 3. The van der Waals surface area contributed by atoms with Gasteiger partial charge in [0.2, 0.25) is 0 Å². The van der Waals surface area contributed by atoms with E-state index in [0.717, 1.165) is 25.7 Å². The van der Waals surface area contributed by atoms with Crippen LogP contribution in [0.1, 0.15) is 32.6 Å². The average Bonchev–Trinajstić information content (AvgIpc) is 2.36. The Kier molecular flexibility index (Phi) is 11.7. The Morgan fingerprint density at radius 1 is 0.667 bits per heavy atom. The van der Waals surface area contributed by atoms with Gasteiger partial charge in [0.15, 0.2) is 0 Å². The van der Waals surface area contributed by atoms with Crippen molar-refractivity contribution in [2.45, 2.75) is 38.6 Å². The SMILES string of the molecule is CC(OCCCN)(OCCCN)OCCCCN. The molecule has 0 spiro atoms. The van der Waals surface area contributed by atoms with E-state index in [9.17, 15) is 0 Å². The molecule has 0 amide bonds. The fraction of sp³-hybridized carbons (Fsp3) is 1.00. The summed E-state index contributed by atoms with van der Waals surface area (Å²) in [5.41, 5.74) is 16.3. The van der Waals surface area contributed by atoms with Crippen molar-refractivity contribution in [2.24, 2.45) is 17.2 Å². The molecule has 0 saturated heterocycles. The molecule has 6 N–H and O–H groups in total. The number of rotatable bonds is 13. The minimum absolute atomic E-state index is 0.520. The standard InChI is InChI=1S/C12H29N3O3/c1-12(17-10-4-7-14,18-11-5-8-15)16-9-3-2-6-13/h2-11,13-15H2,1H3. The Morgan fingerprint density at radius 3 is 1.44 bits per heavy atom. The molecule has 6 nitrogen and oxygen atoms in total. The van der Waals surface area contributed by atoms with Gasteiger partial charge in [0.1, 0.15) is 0 Å². The lowest BCUT2D eigenvalue weighted by atomic mass is 10.3. The molecule has 0 bridgehead atoms. The van der Waals surface area contributed by atoms with Crippen LogP contribution < -0.4 is 17.2 Å². The van der Waals surface area contributed by atoms with Gasteiger partial charge >= 0.3 is 0 Å². The summed E-state index contributed by atoms with van der Waals surface area (Å²) in [6, 6.07) is 0. The van der Waals surface area contributed by atoms with Gasteiger partial charge in [-0.2, -0.15) is 0 Å². The Morgan fingerprint density at radius 2 is 1.06 bits per heavy atom. The summed E-state index contributed by atoms with van der Waals surface area (Å²) in [6.45, 7) is 5.24. The average molecular weight is 263 g/mol. The molecule has 0 atom stereocenters. The zero-order valence-corrected chi connectivity index (χ0v) is 11.5. The van der Waals surface area contributed by atoms with E-state index in [1.165, 1.54) is 0 Å². The topological polar surface area (TPSA) is 106 Å². The lowest BCUT2D eigenvalue weighted by molar-refractivity contribution is -0.370. The molecule has 0 aliphatic rings. The van der Waals surface area contributed by atoms with E-state index >= 15 is 0 Å². The zero-order chi connectivity index (χ0) is 13.7. The molecule has 0 radical (unpaired) electrons. The van der Waals surface area contributed by atoms with Crippen molar-refractivity contribution >= 4 is 0 Å². The van der Waals surface area contributed by atoms with Crippen LogP contribution in [0.5, 0.6) is 0 Å². The van der Waals surface area contributed by atoms with Gasteiger partial charge in [-0.05, 0) is 45.3 Å². The molecule has 0 aliphatic carbocycles. The number of ether oxygens (including phenoxy) is 3. The lowest BCUT2D eigenvalue weighted by Gasteiger charge is -2.29. The van der Waals surface area contributed by atoms with E-state index in [4.69, 9.17) is 31.4 Å². The van der Waals surface area contributed by atoms with Crippen LogP contribution >= 0.6 is 0 Å². The maximum Gasteiger partial charge on any atom is 0.279 e. The normalized spacial score (nSPS) is 12.0. The van der Waals surface area contributed by atoms with Crippen molar-refractivity contribution < 1.29 is 14.2 Å². The third kappa shape index (κ3) is 9.76. The molecule has 0 aromatic carbocycles. The van der Waals surface area contributed by atoms with Crippen molar-refractivity contribution in [1.82, 2.24) is 0 Å². The van der Waals surface area contributed by atoms with Crippen molar-refractivity contribution in [1.29, 1.82) is 0 Å². The minimum atomic E-state index is -1.00. The maximum atomic E-state index is 5.64. The van der Waals surface area contributed by atoms with E-state index in [1.54, 1.807) is 6.92 Å². The third-order valence-corrected chi connectivity index (χ3v) is 2.39. The van der Waals surface area contributed by atoms with Crippen LogP contribution in [0, 0.1) is 0 Å². The summed E-state index contributed by atoms with van der Waals surface area (Å²) in [5, 5.41) is 0. The summed E-state index contributed by atoms with van der Waals surface area (Å²) in [6.07, 6.45) is 3.39. The number of hydrogen-bond acceptors (Lipinski definition) is 6. The van der Waals surface area contributed by atoms with Crippen LogP contribution in [-0.4, -0.2) is 45.4 Å². The molecule has 18 heavy (non-hydrogen) atoms. The van der Waals surface area contributed by atoms with Crippen molar-refractivity contribution in [3.8, 4) is 0 Å². The van der Waals surface area contributed by atoms with Gasteiger partial charge in [-0.25, -0.2) is 0 Å².